The van der Waals surface area contributed by atoms with Gasteiger partial charge in [-0.3, -0.25) is 4.79 Å². The van der Waals surface area contributed by atoms with Crippen LogP contribution < -0.4 is 10.2 Å². The number of aromatic nitrogens is 1. The van der Waals surface area contributed by atoms with Crippen molar-refractivity contribution in [2.45, 2.75) is 18.9 Å². The van der Waals surface area contributed by atoms with Gasteiger partial charge in [0, 0.05) is 31.0 Å². The standard InChI is InChI=1S/C16H15Cl2N3O/c1-21(11-5-6-11)14-9-10(7-8-19-14)20-16(22)15-12(17)3-2-4-13(15)18/h2-4,7-9,11H,5-6H2,1H3,(H,19,20,22). The lowest BCUT2D eigenvalue weighted by Crippen LogP contribution is -2.21. The molecule has 1 aromatic carbocycles. The molecule has 0 saturated heterocycles. The monoisotopic (exact) mass is 335 g/mol. The summed E-state index contributed by atoms with van der Waals surface area (Å²) in [6.45, 7) is 0. The summed E-state index contributed by atoms with van der Waals surface area (Å²) in [5.41, 5.74) is 0.943. The number of nitrogens with one attached hydrogen (secondary N) is 1. The normalized spacial score (nSPS) is 13.8. The molecule has 0 aliphatic heterocycles. The van der Waals surface area contributed by atoms with Crippen molar-refractivity contribution in [2.24, 2.45) is 0 Å². The van der Waals surface area contributed by atoms with E-state index >= 15 is 0 Å². The number of hydrogen-bond donors (Lipinski definition) is 1. The Morgan fingerprint density at radius 3 is 2.59 bits per heavy atom. The fourth-order valence-corrected chi connectivity index (χ4v) is 2.82. The lowest BCUT2D eigenvalue weighted by molar-refractivity contribution is 0.102. The molecule has 0 spiro atoms. The molecular formula is C16H15Cl2N3O. The van der Waals surface area contributed by atoms with Crippen molar-refractivity contribution in [3.63, 3.8) is 0 Å². The largest absolute Gasteiger partial charge is 0.357 e. The van der Waals surface area contributed by atoms with Gasteiger partial charge in [-0.2, -0.15) is 0 Å². The third-order valence-electron chi connectivity index (χ3n) is 3.65. The highest BCUT2D eigenvalue weighted by molar-refractivity contribution is 6.40. The van der Waals surface area contributed by atoms with Crippen LogP contribution in [0, 0.1) is 0 Å². The minimum absolute atomic E-state index is 0.278. The number of halogens is 2. The van der Waals surface area contributed by atoms with E-state index in [0.29, 0.717) is 21.8 Å². The molecule has 1 aliphatic carbocycles. The molecule has 1 amide bonds. The molecule has 1 aromatic heterocycles. The van der Waals surface area contributed by atoms with Gasteiger partial charge in [-0.1, -0.05) is 29.3 Å². The van der Waals surface area contributed by atoms with Gasteiger partial charge in [-0.25, -0.2) is 4.98 Å². The Kier molecular flexibility index (Phi) is 4.23. The number of hydrogen-bond acceptors (Lipinski definition) is 3. The molecule has 1 saturated carbocycles. The summed E-state index contributed by atoms with van der Waals surface area (Å²) in [6.07, 6.45) is 4.05. The van der Waals surface area contributed by atoms with Crippen LogP contribution in [0.3, 0.4) is 0 Å². The summed E-state index contributed by atoms with van der Waals surface area (Å²) >= 11 is 12.1. The van der Waals surface area contributed by atoms with Crippen LogP contribution in [0.5, 0.6) is 0 Å². The van der Waals surface area contributed by atoms with Crippen LogP contribution in [-0.4, -0.2) is 24.0 Å². The van der Waals surface area contributed by atoms with Gasteiger partial charge in [-0.05, 0) is 31.0 Å². The number of carbonyl (C=O) groups excluding carboxylic acids is 1. The molecule has 3 rings (SSSR count). The van der Waals surface area contributed by atoms with Crippen LogP contribution in [0.25, 0.3) is 0 Å². The Morgan fingerprint density at radius 1 is 1.27 bits per heavy atom. The first-order chi connectivity index (χ1) is 10.6. The van der Waals surface area contributed by atoms with Crippen molar-refractivity contribution in [3.05, 3.63) is 52.1 Å². The third-order valence-corrected chi connectivity index (χ3v) is 4.28. The van der Waals surface area contributed by atoms with E-state index in [1.807, 2.05) is 13.1 Å². The van der Waals surface area contributed by atoms with Crippen molar-refractivity contribution in [1.82, 2.24) is 4.98 Å². The molecule has 1 N–H and O–H groups in total. The van der Waals surface area contributed by atoms with E-state index in [0.717, 1.165) is 5.82 Å². The molecule has 1 heterocycles. The first-order valence-electron chi connectivity index (χ1n) is 7.00. The maximum Gasteiger partial charge on any atom is 0.258 e. The molecule has 2 aromatic rings. The van der Waals surface area contributed by atoms with Gasteiger partial charge in [0.05, 0.1) is 15.6 Å². The van der Waals surface area contributed by atoms with Gasteiger partial charge in [-0.15, -0.1) is 0 Å². The average Bonchev–Trinajstić information content (AvgIpc) is 3.31. The third kappa shape index (κ3) is 3.18. The van der Waals surface area contributed by atoms with Crippen LogP contribution in [0.2, 0.25) is 10.0 Å². The zero-order chi connectivity index (χ0) is 15.7. The molecule has 22 heavy (non-hydrogen) atoms. The SMILES string of the molecule is CN(c1cc(NC(=O)c2c(Cl)cccc2Cl)ccn1)C1CC1. The predicted molar refractivity (Wildman–Crippen MR) is 90.1 cm³/mol. The van der Waals surface area contributed by atoms with Gasteiger partial charge in [0.2, 0.25) is 0 Å². The first-order valence-corrected chi connectivity index (χ1v) is 7.76. The van der Waals surface area contributed by atoms with Crippen molar-refractivity contribution in [1.29, 1.82) is 0 Å². The topological polar surface area (TPSA) is 45.2 Å². The minimum Gasteiger partial charge on any atom is -0.357 e. The number of carbonyl (C=O) groups is 1. The molecule has 6 heteroatoms. The highest BCUT2D eigenvalue weighted by Crippen LogP contribution is 2.30. The molecule has 114 valence electrons. The van der Waals surface area contributed by atoms with Gasteiger partial charge in [0.15, 0.2) is 0 Å². The molecule has 1 aliphatic rings. The Labute approximate surface area is 139 Å². The second-order valence-corrected chi connectivity index (χ2v) is 6.11. The number of anilines is 2. The van der Waals surface area contributed by atoms with Gasteiger partial charge < -0.3 is 10.2 Å². The highest BCUT2D eigenvalue weighted by atomic mass is 35.5. The molecule has 0 atom stereocenters. The zero-order valence-electron chi connectivity index (χ0n) is 12.0. The second kappa shape index (κ2) is 6.15. The number of amides is 1. The Balaban J connectivity index is 1.81. The summed E-state index contributed by atoms with van der Waals surface area (Å²) in [7, 11) is 2.01. The van der Waals surface area contributed by atoms with E-state index in [9.17, 15) is 4.79 Å². The smallest absolute Gasteiger partial charge is 0.258 e. The van der Waals surface area contributed by atoms with Gasteiger partial charge in [0.1, 0.15) is 5.82 Å². The number of nitrogens with zero attached hydrogens (tertiary/aromatic N) is 2. The lowest BCUT2D eigenvalue weighted by atomic mass is 10.2. The highest BCUT2D eigenvalue weighted by Gasteiger charge is 2.27. The Hall–Kier alpha value is -1.78. The molecule has 4 nitrogen and oxygen atoms in total. The van der Waals surface area contributed by atoms with Crippen LogP contribution in [0.15, 0.2) is 36.5 Å². The molecular weight excluding hydrogens is 321 g/mol. The maximum absolute atomic E-state index is 12.4. The van der Waals surface area contributed by atoms with E-state index in [1.165, 1.54) is 12.8 Å². The van der Waals surface area contributed by atoms with Crippen molar-refractivity contribution < 1.29 is 4.79 Å². The van der Waals surface area contributed by atoms with Crippen LogP contribution in [0.1, 0.15) is 23.2 Å². The summed E-state index contributed by atoms with van der Waals surface area (Å²) < 4.78 is 0. The fraction of sp³-hybridized carbons (Fsp3) is 0.250. The van der Waals surface area contributed by atoms with Crippen LogP contribution >= 0.6 is 23.2 Å². The van der Waals surface area contributed by atoms with E-state index in [2.05, 4.69) is 15.2 Å². The number of benzene rings is 1. The number of rotatable bonds is 4. The molecule has 0 radical (unpaired) electrons. The molecule has 0 bridgehead atoms. The van der Waals surface area contributed by atoms with Crippen LogP contribution in [0.4, 0.5) is 11.5 Å². The fourth-order valence-electron chi connectivity index (χ4n) is 2.25. The predicted octanol–water partition coefficient (Wildman–Crippen LogP) is 4.24. The van der Waals surface area contributed by atoms with Gasteiger partial charge in [0.25, 0.3) is 5.91 Å². The summed E-state index contributed by atoms with van der Waals surface area (Å²) in [5, 5.41) is 3.48. The number of pyridine rings is 1. The Morgan fingerprint density at radius 2 is 1.95 bits per heavy atom. The van der Waals surface area contributed by atoms with E-state index in [-0.39, 0.29) is 11.5 Å². The van der Waals surface area contributed by atoms with E-state index < -0.39 is 0 Å². The quantitative estimate of drug-likeness (QED) is 0.908. The van der Waals surface area contributed by atoms with Crippen molar-refractivity contribution in [2.75, 3.05) is 17.3 Å². The maximum atomic E-state index is 12.4. The van der Waals surface area contributed by atoms with Crippen LogP contribution in [-0.2, 0) is 0 Å². The first kappa shape index (κ1) is 15.1. The summed E-state index contributed by atoms with van der Waals surface area (Å²) in [4.78, 5) is 18.8. The van der Waals surface area contributed by atoms with Gasteiger partial charge >= 0.3 is 0 Å². The Bertz CT molecular complexity index is 696. The second-order valence-electron chi connectivity index (χ2n) is 5.30. The van der Waals surface area contributed by atoms with Crippen molar-refractivity contribution in [3.8, 4) is 0 Å². The van der Waals surface area contributed by atoms with E-state index in [1.54, 1.807) is 30.5 Å². The minimum atomic E-state index is -0.332. The summed E-state index contributed by atoms with van der Waals surface area (Å²) in [5.74, 6) is 0.507. The lowest BCUT2D eigenvalue weighted by Gasteiger charge is -2.18. The average molecular weight is 336 g/mol. The van der Waals surface area contributed by atoms with E-state index in [4.69, 9.17) is 23.2 Å². The zero-order valence-corrected chi connectivity index (χ0v) is 13.5. The molecule has 1 fully saturated rings. The summed E-state index contributed by atoms with van der Waals surface area (Å²) in [6, 6.07) is 9.13. The molecule has 0 unspecified atom stereocenters. The van der Waals surface area contributed by atoms with Crippen molar-refractivity contribution >= 4 is 40.6 Å².